The molecule has 8 nitrogen and oxygen atoms in total. The molecule has 30 heavy (non-hydrogen) atoms. The minimum absolute atomic E-state index is 0. The van der Waals surface area contributed by atoms with E-state index in [0.29, 0.717) is 47.3 Å². The Morgan fingerprint density at radius 1 is 1.03 bits per heavy atom. The average Bonchev–Trinajstić information content (AvgIpc) is 3.01. The number of nitrogens with one attached hydrogen (secondary N) is 1. The summed E-state index contributed by atoms with van der Waals surface area (Å²) in [6, 6.07) is 11.6. The van der Waals surface area contributed by atoms with Crippen molar-refractivity contribution in [2.45, 2.75) is 13.0 Å². The topological polar surface area (TPSA) is 131 Å². The van der Waals surface area contributed by atoms with Crippen LogP contribution in [0.5, 0.6) is 0 Å². The first-order valence-electron chi connectivity index (χ1n) is 9.03. The number of pyridine rings is 1. The van der Waals surface area contributed by atoms with Crippen LogP contribution in [-0.2, 0) is 16.1 Å². The molecule has 0 radical (unpaired) electrons. The van der Waals surface area contributed by atoms with E-state index in [1.54, 1.807) is 18.2 Å². The van der Waals surface area contributed by atoms with Crippen LogP contribution in [0.15, 0.2) is 47.3 Å². The number of amides is 1. The number of halogens is 1. The van der Waals surface area contributed by atoms with Gasteiger partial charge >= 0.3 is 11.9 Å². The first kappa shape index (κ1) is 21.2. The van der Waals surface area contributed by atoms with Crippen molar-refractivity contribution in [2.75, 3.05) is 11.9 Å². The van der Waals surface area contributed by atoms with Crippen molar-refractivity contribution in [2.24, 2.45) is 5.73 Å². The van der Waals surface area contributed by atoms with Crippen LogP contribution >= 0.6 is 12.4 Å². The quantitative estimate of drug-likeness (QED) is 0.427. The second kappa shape index (κ2) is 8.10. The van der Waals surface area contributed by atoms with E-state index >= 15 is 0 Å². The van der Waals surface area contributed by atoms with Gasteiger partial charge in [0.05, 0.1) is 16.6 Å². The zero-order valence-corrected chi connectivity index (χ0v) is 16.5. The summed E-state index contributed by atoms with van der Waals surface area (Å²) in [7, 11) is 0. The number of ketones is 1. The predicted molar refractivity (Wildman–Crippen MR) is 114 cm³/mol. The third-order valence-electron chi connectivity index (χ3n) is 4.96. The van der Waals surface area contributed by atoms with Gasteiger partial charge in [-0.15, -0.1) is 12.4 Å². The van der Waals surface area contributed by atoms with Crippen LogP contribution < -0.4 is 16.6 Å². The molecule has 0 unspecified atom stereocenters. The van der Waals surface area contributed by atoms with Crippen LogP contribution in [0.4, 0.5) is 5.69 Å². The molecular formula is C21H18ClN3O5. The van der Waals surface area contributed by atoms with Gasteiger partial charge in [0.25, 0.3) is 5.56 Å². The number of fused-ring (bicyclic) bond motifs is 5. The highest BCUT2D eigenvalue weighted by atomic mass is 35.5. The second-order valence-corrected chi connectivity index (χ2v) is 6.72. The molecule has 9 heteroatoms. The Hall–Kier alpha value is -3.49. The molecule has 1 amide bonds. The molecule has 3 aromatic rings. The summed E-state index contributed by atoms with van der Waals surface area (Å²) in [6.07, 6.45) is 0.545. The molecule has 0 spiro atoms. The summed E-state index contributed by atoms with van der Waals surface area (Å²) in [6.45, 7) is 0.713. The molecule has 0 saturated carbocycles. The van der Waals surface area contributed by atoms with Crippen molar-refractivity contribution in [3.8, 4) is 11.3 Å². The Bertz CT molecular complexity index is 1270. The Morgan fingerprint density at radius 2 is 1.73 bits per heavy atom. The Balaban J connectivity index is 0.00000256. The van der Waals surface area contributed by atoms with Crippen molar-refractivity contribution in [3.63, 3.8) is 0 Å². The number of anilines is 1. The van der Waals surface area contributed by atoms with E-state index in [2.05, 4.69) is 5.32 Å². The van der Waals surface area contributed by atoms with Crippen molar-refractivity contribution < 1.29 is 19.5 Å². The number of benzene rings is 2. The van der Waals surface area contributed by atoms with Crippen LogP contribution in [-0.4, -0.2) is 33.9 Å². The lowest BCUT2D eigenvalue weighted by atomic mass is 10.0. The molecule has 154 valence electrons. The number of carbonyl (C=O) groups is 3. The zero-order chi connectivity index (χ0) is 20.7. The summed E-state index contributed by atoms with van der Waals surface area (Å²) in [5.74, 6) is -3.02. The average molecular weight is 428 g/mol. The van der Waals surface area contributed by atoms with E-state index in [9.17, 15) is 19.2 Å². The maximum atomic E-state index is 13.3. The maximum absolute atomic E-state index is 13.3. The van der Waals surface area contributed by atoms with Gasteiger partial charge in [-0.25, -0.2) is 4.79 Å². The zero-order valence-electron chi connectivity index (χ0n) is 15.7. The maximum Gasteiger partial charge on any atom is 0.394 e. The van der Waals surface area contributed by atoms with Crippen LogP contribution in [0.3, 0.4) is 0 Å². The molecular weight excluding hydrogens is 410 g/mol. The molecule has 1 aliphatic rings. The van der Waals surface area contributed by atoms with Gasteiger partial charge in [-0.2, -0.15) is 0 Å². The summed E-state index contributed by atoms with van der Waals surface area (Å²) < 4.78 is 1.54. The molecule has 2 aromatic carbocycles. The number of nitrogens with two attached hydrogens (primary N) is 1. The van der Waals surface area contributed by atoms with E-state index in [-0.39, 0.29) is 34.8 Å². The van der Waals surface area contributed by atoms with Crippen molar-refractivity contribution in [1.29, 1.82) is 0 Å². The van der Waals surface area contributed by atoms with Gasteiger partial charge in [0, 0.05) is 28.7 Å². The number of aromatic nitrogens is 1. The summed E-state index contributed by atoms with van der Waals surface area (Å²) in [5, 5.41) is 11.7. The molecule has 1 aromatic heterocycles. The highest BCUT2D eigenvalue weighted by Gasteiger charge is 2.32. The molecule has 0 fully saturated rings. The smallest absolute Gasteiger partial charge is 0.394 e. The van der Waals surface area contributed by atoms with Crippen molar-refractivity contribution in [1.82, 2.24) is 4.57 Å². The lowest BCUT2D eigenvalue weighted by molar-refractivity contribution is -0.147. The van der Waals surface area contributed by atoms with Gasteiger partial charge in [-0.05, 0) is 25.1 Å². The summed E-state index contributed by atoms with van der Waals surface area (Å²) >= 11 is 0. The molecule has 4 N–H and O–H groups in total. The lowest BCUT2D eigenvalue weighted by Gasteiger charge is -2.15. The van der Waals surface area contributed by atoms with Gasteiger partial charge in [0.1, 0.15) is 0 Å². The molecule has 4 rings (SSSR count). The molecule has 1 heterocycles. The fourth-order valence-electron chi connectivity index (χ4n) is 3.71. The highest BCUT2D eigenvalue weighted by molar-refractivity contribution is 6.36. The first-order valence-corrected chi connectivity index (χ1v) is 9.03. The fraction of sp³-hybridized carbons (Fsp3) is 0.143. The number of rotatable bonds is 4. The highest BCUT2D eigenvalue weighted by Crippen LogP contribution is 2.39. The van der Waals surface area contributed by atoms with Crippen LogP contribution in [0, 0.1) is 0 Å². The fourth-order valence-corrected chi connectivity index (χ4v) is 3.71. The molecule has 0 saturated heterocycles. The minimum Gasteiger partial charge on any atom is -0.474 e. The van der Waals surface area contributed by atoms with E-state index in [4.69, 9.17) is 10.8 Å². The number of carbonyl (C=O) groups excluding carboxylic acids is 2. The van der Waals surface area contributed by atoms with E-state index < -0.39 is 11.9 Å². The van der Waals surface area contributed by atoms with E-state index in [1.165, 1.54) is 16.7 Å². The van der Waals surface area contributed by atoms with Crippen LogP contribution in [0.25, 0.3) is 22.0 Å². The van der Waals surface area contributed by atoms with E-state index in [0.717, 1.165) is 0 Å². The number of nitrogens with zero attached hydrogens (tertiary/aromatic N) is 1. The summed E-state index contributed by atoms with van der Waals surface area (Å²) in [5.41, 5.74) is 7.68. The Morgan fingerprint density at radius 3 is 2.40 bits per heavy atom. The monoisotopic (exact) mass is 427 g/mol. The molecule has 0 atom stereocenters. The van der Waals surface area contributed by atoms with Gasteiger partial charge in [-0.3, -0.25) is 14.4 Å². The normalized spacial score (nSPS) is 11.6. The van der Waals surface area contributed by atoms with E-state index in [1.807, 2.05) is 12.1 Å². The first-order chi connectivity index (χ1) is 13.9. The number of aliphatic carboxylic acids is 1. The molecule has 0 aliphatic heterocycles. The summed E-state index contributed by atoms with van der Waals surface area (Å²) in [4.78, 5) is 48.6. The molecule has 1 aliphatic carbocycles. The Kier molecular flexibility index (Phi) is 5.73. The standard InChI is InChI=1S/C21H17N3O5.ClH/c22-8-3-9-24-17-13-4-1-2-5-14(13)18(25)16(17)12-7-6-11(10-15(12)20(24)27)23-19(26)21(28)29;/h1-2,4-7,10H,3,8-9,22H2,(H,23,26)(H,28,29);1H. The van der Waals surface area contributed by atoms with Gasteiger partial charge in [0.15, 0.2) is 5.78 Å². The lowest BCUT2D eigenvalue weighted by Crippen LogP contribution is -2.25. The number of hydrogen-bond acceptors (Lipinski definition) is 5. The predicted octanol–water partition coefficient (Wildman–Crippen LogP) is 2.01. The molecule has 0 bridgehead atoms. The van der Waals surface area contributed by atoms with Gasteiger partial charge < -0.3 is 20.7 Å². The minimum atomic E-state index is -1.63. The third-order valence-corrected chi connectivity index (χ3v) is 4.96. The van der Waals surface area contributed by atoms with Crippen molar-refractivity contribution >= 4 is 46.5 Å². The Labute approximate surface area is 176 Å². The second-order valence-electron chi connectivity index (χ2n) is 6.72. The van der Waals surface area contributed by atoms with Crippen LogP contribution in [0.1, 0.15) is 22.3 Å². The number of carboxylic acid groups (broad SMARTS) is 1. The van der Waals surface area contributed by atoms with Crippen molar-refractivity contribution in [3.05, 3.63) is 63.9 Å². The number of carboxylic acids is 1. The third kappa shape index (κ3) is 3.26. The van der Waals surface area contributed by atoms with Gasteiger partial charge in [-0.1, -0.05) is 30.3 Å². The number of hydrogen-bond donors (Lipinski definition) is 3. The SMILES string of the molecule is Cl.NCCCn1c2c(c3ccc(NC(=O)C(=O)O)cc3c1=O)C(=O)c1ccccc1-2. The van der Waals surface area contributed by atoms with Gasteiger partial charge in [0.2, 0.25) is 0 Å². The van der Waals surface area contributed by atoms with Crippen LogP contribution in [0.2, 0.25) is 0 Å². The largest absolute Gasteiger partial charge is 0.474 e.